The van der Waals surface area contributed by atoms with E-state index in [1.54, 1.807) is 23.3 Å². The summed E-state index contributed by atoms with van der Waals surface area (Å²) >= 11 is 1.10. The van der Waals surface area contributed by atoms with Crippen LogP contribution >= 0.6 is 11.5 Å². The lowest BCUT2D eigenvalue weighted by atomic mass is 10.2. The normalized spacial score (nSPS) is 17.4. The van der Waals surface area contributed by atoms with E-state index in [4.69, 9.17) is 4.42 Å². The van der Waals surface area contributed by atoms with Gasteiger partial charge in [0.05, 0.1) is 18.5 Å². The molecule has 2 amide bonds. The highest BCUT2D eigenvalue weighted by atomic mass is 32.1. The van der Waals surface area contributed by atoms with Crippen LogP contribution in [0.25, 0.3) is 0 Å². The maximum atomic E-state index is 12.7. The van der Waals surface area contributed by atoms with E-state index in [0.717, 1.165) is 18.0 Å². The Kier molecular flexibility index (Phi) is 4.71. The highest BCUT2D eigenvalue weighted by Gasteiger charge is 2.36. The summed E-state index contributed by atoms with van der Waals surface area (Å²) < 4.78 is 9.06. The van der Waals surface area contributed by atoms with Crippen molar-refractivity contribution in [3.05, 3.63) is 34.7 Å². The molecule has 1 N–H and O–H groups in total. The third-order valence-corrected chi connectivity index (χ3v) is 4.67. The standard InChI is InChI=1S/C15H18N4O3S/c1-2-11-13(23-18-17-11)15(21)19-7-3-6-12(19)14(20)16-9-10-5-4-8-22-10/h4-5,8,12H,2-3,6-7,9H2,1H3,(H,16,20). The van der Waals surface area contributed by atoms with Crippen LogP contribution in [0.2, 0.25) is 0 Å². The Morgan fingerprint density at radius 1 is 1.52 bits per heavy atom. The Morgan fingerprint density at radius 2 is 2.39 bits per heavy atom. The molecule has 3 rings (SSSR count). The summed E-state index contributed by atoms with van der Waals surface area (Å²) in [6.45, 7) is 2.84. The highest BCUT2D eigenvalue weighted by Crippen LogP contribution is 2.23. The van der Waals surface area contributed by atoms with E-state index in [1.807, 2.05) is 6.92 Å². The second-order valence-corrected chi connectivity index (χ2v) is 6.11. The number of amides is 2. The van der Waals surface area contributed by atoms with Gasteiger partial charge in [0, 0.05) is 6.54 Å². The van der Waals surface area contributed by atoms with Gasteiger partial charge in [-0.3, -0.25) is 9.59 Å². The molecule has 2 aromatic heterocycles. The molecule has 8 heteroatoms. The zero-order valence-corrected chi connectivity index (χ0v) is 13.6. The van der Waals surface area contributed by atoms with Gasteiger partial charge in [-0.2, -0.15) is 0 Å². The molecule has 1 unspecified atom stereocenters. The highest BCUT2D eigenvalue weighted by molar-refractivity contribution is 7.08. The van der Waals surface area contributed by atoms with Crippen molar-refractivity contribution in [3.63, 3.8) is 0 Å². The quantitative estimate of drug-likeness (QED) is 0.897. The zero-order chi connectivity index (χ0) is 16.2. The summed E-state index contributed by atoms with van der Waals surface area (Å²) in [7, 11) is 0. The molecule has 7 nitrogen and oxygen atoms in total. The van der Waals surface area contributed by atoms with E-state index in [0.29, 0.717) is 42.3 Å². The van der Waals surface area contributed by atoms with Gasteiger partial charge >= 0.3 is 0 Å². The minimum absolute atomic E-state index is 0.146. The minimum atomic E-state index is -0.440. The lowest BCUT2D eigenvalue weighted by Crippen LogP contribution is -2.45. The van der Waals surface area contributed by atoms with E-state index in [1.165, 1.54) is 0 Å². The Bertz CT molecular complexity index is 683. The first-order valence-electron chi connectivity index (χ1n) is 7.63. The lowest BCUT2D eigenvalue weighted by Gasteiger charge is -2.23. The molecule has 122 valence electrons. The van der Waals surface area contributed by atoms with Gasteiger partial charge in [0.15, 0.2) is 0 Å². The number of carbonyl (C=O) groups is 2. The van der Waals surface area contributed by atoms with Crippen molar-refractivity contribution in [2.24, 2.45) is 0 Å². The number of rotatable bonds is 5. The number of hydrogen-bond donors (Lipinski definition) is 1. The molecule has 0 aliphatic carbocycles. The van der Waals surface area contributed by atoms with E-state index in [2.05, 4.69) is 14.9 Å². The number of hydrogen-bond acceptors (Lipinski definition) is 6. The molecule has 1 aliphatic heterocycles. The van der Waals surface area contributed by atoms with Crippen LogP contribution in [-0.2, 0) is 17.8 Å². The summed E-state index contributed by atoms with van der Waals surface area (Å²) in [6, 6.07) is 3.13. The number of nitrogens with zero attached hydrogens (tertiary/aromatic N) is 3. The van der Waals surface area contributed by atoms with Crippen molar-refractivity contribution >= 4 is 23.3 Å². The molecule has 0 bridgehead atoms. The van der Waals surface area contributed by atoms with Gasteiger partial charge < -0.3 is 14.6 Å². The maximum absolute atomic E-state index is 12.7. The first-order valence-corrected chi connectivity index (χ1v) is 8.40. The monoisotopic (exact) mass is 334 g/mol. The number of likely N-dealkylation sites (tertiary alicyclic amines) is 1. The van der Waals surface area contributed by atoms with Gasteiger partial charge in [0.1, 0.15) is 16.7 Å². The molecule has 3 heterocycles. The number of furan rings is 1. The first kappa shape index (κ1) is 15.7. The second-order valence-electron chi connectivity index (χ2n) is 5.36. The summed E-state index contributed by atoms with van der Waals surface area (Å²) in [5.41, 5.74) is 0.696. The van der Waals surface area contributed by atoms with Crippen molar-refractivity contribution < 1.29 is 14.0 Å². The predicted octanol–water partition coefficient (Wildman–Crippen LogP) is 1.61. The molecule has 0 aromatic carbocycles. The summed E-state index contributed by atoms with van der Waals surface area (Å²) in [6.07, 6.45) is 3.71. The minimum Gasteiger partial charge on any atom is -0.467 e. The number of aryl methyl sites for hydroxylation is 1. The molecule has 1 saturated heterocycles. The van der Waals surface area contributed by atoms with Crippen LogP contribution in [0.15, 0.2) is 22.8 Å². The van der Waals surface area contributed by atoms with Crippen LogP contribution < -0.4 is 5.32 Å². The van der Waals surface area contributed by atoms with Crippen molar-refractivity contribution in [3.8, 4) is 0 Å². The van der Waals surface area contributed by atoms with Crippen LogP contribution in [0.3, 0.4) is 0 Å². The number of carbonyl (C=O) groups excluding carboxylic acids is 2. The van der Waals surface area contributed by atoms with Crippen LogP contribution in [-0.4, -0.2) is 38.9 Å². The van der Waals surface area contributed by atoms with Crippen LogP contribution in [0.5, 0.6) is 0 Å². The Balaban J connectivity index is 1.67. The molecule has 0 radical (unpaired) electrons. The fraction of sp³-hybridized carbons (Fsp3) is 0.467. The van der Waals surface area contributed by atoms with Gasteiger partial charge in [-0.25, -0.2) is 0 Å². The molecular weight excluding hydrogens is 316 g/mol. The topological polar surface area (TPSA) is 88.3 Å². The molecule has 0 spiro atoms. The van der Waals surface area contributed by atoms with Gasteiger partial charge in [0.25, 0.3) is 5.91 Å². The van der Waals surface area contributed by atoms with E-state index in [-0.39, 0.29) is 11.8 Å². The second kappa shape index (κ2) is 6.91. The van der Waals surface area contributed by atoms with Crippen molar-refractivity contribution in [2.45, 2.75) is 38.8 Å². The van der Waals surface area contributed by atoms with Crippen LogP contribution in [0.1, 0.15) is 40.9 Å². The predicted molar refractivity (Wildman–Crippen MR) is 83.9 cm³/mol. The molecule has 23 heavy (non-hydrogen) atoms. The molecule has 1 fully saturated rings. The molecular formula is C15H18N4O3S. The molecule has 1 aliphatic rings. The fourth-order valence-electron chi connectivity index (χ4n) is 2.72. The van der Waals surface area contributed by atoms with Gasteiger partial charge in [-0.15, -0.1) is 5.10 Å². The zero-order valence-electron chi connectivity index (χ0n) is 12.8. The van der Waals surface area contributed by atoms with Gasteiger partial charge in [-0.05, 0) is 42.9 Å². The summed E-state index contributed by atoms with van der Waals surface area (Å²) in [5, 5.41) is 6.81. The van der Waals surface area contributed by atoms with E-state index in [9.17, 15) is 9.59 Å². The van der Waals surface area contributed by atoms with E-state index >= 15 is 0 Å². The molecule has 0 saturated carbocycles. The SMILES string of the molecule is CCc1nnsc1C(=O)N1CCCC1C(=O)NCc1ccco1. The Labute approximate surface area is 137 Å². The third-order valence-electron chi connectivity index (χ3n) is 3.92. The van der Waals surface area contributed by atoms with Crippen LogP contribution in [0, 0.1) is 0 Å². The Morgan fingerprint density at radius 3 is 3.13 bits per heavy atom. The average molecular weight is 334 g/mol. The number of aromatic nitrogens is 2. The molecule has 2 aromatic rings. The first-order chi connectivity index (χ1) is 11.2. The average Bonchev–Trinajstić information content (AvgIpc) is 3.32. The lowest BCUT2D eigenvalue weighted by molar-refractivity contribution is -0.125. The van der Waals surface area contributed by atoms with Gasteiger partial charge in [0.2, 0.25) is 5.91 Å². The summed E-state index contributed by atoms with van der Waals surface area (Å²) in [4.78, 5) is 27.3. The fourth-order valence-corrected chi connectivity index (χ4v) is 3.43. The smallest absolute Gasteiger partial charge is 0.268 e. The maximum Gasteiger partial charge on any atom is 0.268 e. The summed E-state index contributed by atoms with van der Waals surface area (Å²) in [5.74, 6) is 0.393. The van der Waals surface area contributed by atoms with Gasteiger partial charge in [-0.1, -0.05) is 11.4 Å². The van der Waals surface area contributed by atoms with E-state index < -0.39 is 6.04 Å². The third kappa shape index (κ3) is 3.26. The van der Waals surface area contributed by atoms with Crippen LogP contribution in [0.4, 0.5) is 0 Å². The van der Waals surface area contributed by atoms with Crippen molar-refractivity contribution in [2.75, 3.05) is 6.54 Å². The largest absolute Gasteiger partial charge is 0.467 e. The Hall–Kier alpha value is -2.22. The molecule has 1 atom stereocenters. The van der Waals surface area contributed by atoms with Crippen molar-refractivity contribution in [1.29, 1.82) is 0 Å². The van der Waals surface area contributed by atoms with Crippen molar-refractivity contribution in [1.82, 2.24) is 19.8 Å². The number of nitrogens with one attached hydrogen (secondary N) is 1.